The number of nitro groups is 1. The molecule has 0 aliphatic heterocycles. The molecule has 0 atom stereocenters. The van der Waals surface area contributed by atoms with Gasteiger partial charge in [-0.25, -0.2) is 5.43 Å². The van der Waals surface area contributed by atoms with Gasteiger partial charge in [0.05, 0.1) is 17.7 Å². The van der Waals surface area contributed by atoms with Crippen LogP contribution in [-0.4, -0.2) is 26.8 Å². The zero-order valence-electron chi connectivity index (χ0n) is 13.6. The molecule has 0 radical (unpaired) electrons. The zero-order valence-corrected chi connectivity index (χ0v) is 13.6. The van der Waals surface area contributed by atoms with Crippen LogP contribution >= 0.6 is 0 Å². The predicted molar refractivity (Wildman–Crippen MR) is 95.9 cm³/mol. The minimum atomic E-state index is -0.448. The second-order valence-electron chi connectivity index (χ2n) is 5.43. The lowest BCUT2D eigenvalue weighted by Gasteiger charge is -2.01. The number of nitrogens with one attached hydrogen (secondary N) is 1. The SMILES string of the molecule is O=C(NN=Cc1ccccc1)c1ccn(Cc2ccc([N+](=O)[O-])cc2)n1. The Balaban J connectivity index is 1.59. The van der Waals surface area contributed by atoms with E-state index in [1.54, 1.807) is 35.3 Å². The van der Waals surface area contributed by atoms with Crippen molar-refractivity contribution in [2.75, 3.05) is 0 Å². The Hall–Kier alpha value is -3.81. The normalized spacial score (nSPS) is 10.8. The molecular formula is C18H15N5O3. The van der Waals surface area contributed by atoms with Crippen molar-refractivity contribution in [2.45, 2.75) is 6.54 Å². The van der Waals surface area contributed by atoms with Gasteiger partial charge in [-0.05, 0) is 17.2 Å². The maximum Gasteiger partial charge on any atom is 0.291 e. The number of nitrogens with zero attached hydrogens (tertiary/aromatic N) is 4. The molecule has 8 nitrogen and oxygen atoms in total. The van der Waals surface area contributed by atoms with E-state index >= 15 is 0 Å². The third-order valence-electron chi connectivity index (χ3n) is 3.54. The fourth-order valence-electron chi connectivity index (χ4n) is 2.24. The Morgan fingerprint density at radius 2 is 1.88 bits per heavy atom. The van der Waals surface area contributed by atoms with Crippen molar-refractivity contribution >= 4 is 17.8 Å². The number of benzene rings is 2. The van der Waals surface area contributed by atoms with Crippen LogP contribution in [0.3, 0.4) is 0 Å². The standard InChI is InChI=1S/C18H15N5O3/c24-18(20-19-12-14-4-2-1-3-5-14)17-10-11-22(21-17)13-15-6-8-16(9-7-15)23(25)26/h1-12H,13H2,(H,20,24). The Kier molecular flexibility index (Phi) is 5.14. The van der Waals surface area contributed by atoms with Gasteiger partial charge in [0, 0.05) is 18.3 Å². The number of non-ortho nitro benzene ring substituents is 1. The summed E-state index contributed by atoms with van der Waals surface area (Å²) in [6.45, 7) is 0.401. The molecule has 2 aromatic carbocycles. The molecule has 1 N–H and O–H groups in total. The van der Waals surface area contributed by atoms with Gasteiger partial charge >= 0.3 is 0 Å². The second-order valence-corrected chi connectivity index (χ2v) is 5.43. The summed E-state index contributed by atoms with van der Waals surface area (Å²) in [5.41, 5.74) is 4.40. The van der Waals surface area contributed by atoms with Crippen LogP contribution < -0.4 is 5.43 Å². The van der Waals surface area contributed by atoms with Crippen molar-refractivity contribution < 1.29 is 9.72 Å². The molecular weight excluding hydrogens is 334 g/mol. The highest BCUT2D eigenvalue weighted by Gasteiger charge is 2.09. The van der Waals surface area contributed by atoms with E-state index in [1.165, 1.54) is 12.1 Å². The van der Waals surface area contributed by atoms with Gasteiger partial charge in [0.25, 0.3) is 11.6 Å². The van der Waals surface area contributed by atoms with Gasteiger partial charge in [0.1, 0.15) is 0 Å². The minimum absolute atomic E-state index is 0.0329. The maximum atomic E-state index is 12.0. The van der Waals surface area contributed by atoms with E-state index in [1.807, 2.05) is 30.3 Å². The Labute approximate surface area is 148 Å². The van der Waals surface area contributed by atoms with E-state index in [4.69, 9.17) is 0 Å². The average Bonchev–Trinajstić information content (AvgIpc) is 3.11. The van der Waals surface area contributed by atoms with Gasteiger partial charge < -0.3 is 0 Å². The number of amides is 1. The van der Waals surface area contributed by atoms with E-state index in [9.17, 15) is 14.9 Å². The summed E-state index contributed by atoms with van der Waals surface area (Å²) >= 11 is 0. The lowest BCUT2D eigenvalue weighted by Crippen LogP contribution is -2.18. The highest BCUT2D eigenvalue weighted by Crippen LogP contribution is 2.12. The van der Waals surface area contributed by atoms with Crippen LogP contribution in [0.5, 0.6) is 0 Å². The number of carbonyl (C=O) groups excluding carboxylic acids is 1. The van der Waals surface area contributed by atoms with E-state index in [0.717, 1.165) is 11.1 Å². The summed E-state index contributed by atoms with van der Waals surface area (Å²) in [6, 6.07) is 17.2. The molecule has 130 valence electrons. The summed E-state index contributed by atoms with van der Waals surface area (Å²) in [6.07, 6.45) is 3.21. The molecule has 0 fully saturated rings. The quantitative estimate of drug-likeness (QED) is 0.420. The molecule has 1 aromatic heterocycles. The predicted octanol–water partition coefficient (Wildman–Crippen LogP) is 2.60. The monoisotopic (exact) mass is 349 g/mol. The van der Waals surface area contributed by atoms with Crippen molar-refractivity contribution in [3.63, 3.8) is 0 Å². The van der Waals surface area contributed by atoms with Crippen LogP contribution in [0.4, 0.5) is 5.69 Å². The van der Waals surface area contributed by atoms with E-state index < -0.39 is 10.8 Å². The molecule has 1 amide bonds. The second kappa shape index (κ2) is 7.84. The number of carbonyl (C=O) groups is 1. The largest absolute Gasteiger partial charge is 0.291 e. The number of hydrazone groups is 1. The molecule has 0 spiro atoms. The summed E-state index contributed by atoms with van der Waals surface area (Å²) in [5.74, 6) is -0.417. The van der Waals surface area contributed by atoms with Crippen molar-refractivity contribution in [1.82, 2.24) is 15.2 Å². The van der Waals surface area contributed by atoms with Crippen LogP contribution in [0.2, 0.25) is 0 Å². The molecule has 0 aliphatic rings. The molecule has 1 heterocycles. The third kappa shape index (κ3) is 4.38. The maximum absolute atomic E-state index is 12.0. The third-order valence-corrected chi connectivity index (χ3v) is 3.54. The molecule has 0 unspecified atom stereocenters. The molecule has 8 heteroatoms. The van der Waals surface area contributed by atoms with Gasteiger partial charge in [-0.2, -0.15) is 10.2 Å². The van der Waals surface area contributed by atoms with Crippen LogP contribution in [0.1, 0.15) is 21.6 Å². The molecule has 0 saturated heterocycles. The first-order valence-corrected chi connectivity index (χ1v) is 7.77. The first-order chi connectivity index (χ1) is 12.6. The fraction of sp³-hybridized carbons (Fsp3) is 0.0556. The zero-order chi connectivity index (χ0) is 18.4. The van der Waals surface area contributed by atoms with Gasteiger partial charge in [-0.3, -0.25) is 19.6 Å². The molecule has 0 saturated carbocycles. The first kappa shape index (κ1) is 17.0. The van der Waals surface area contributed by atoms with E-state index in [-0.39, 0.29) is 11.4 Å². The Morgan fingerprint density at radius 3 is 2.58 bits per heavy atom. The van der Waals surface area contributed by atoms with Crippen molar-refractivity contribution in [1.29, 1.82) is 0 Å². The lowest BCUT2D eigenvalue weighted by molar-refractivity contribution is -0.384. The summed E-state index contributed by atoms with van der Waals surface area (Å²) in [7, 11) is 0. The highest BCUT2D eigenvalue weighted by molar-refractivity contribution is 5.93. The Bertz CT molecular complexity index is 933. The topological polar surface area (TPSA) is 102 Å². The fourth-order valence-corrected chi connectivity index (χ4v) is 2.24. The Morgan fingerprint density at radius 1 is 1.15 bits per heavy atom. The highest BCUT2D eigenvalue weighted by atomic mass is 16.6. The first-order valence-electron chi connectivity index (χ1n) is 7.77. The van der Waals surface area contributed by atoms with Crippen LogP contribution in [0.15, 0.2) is 72.0 Å². The van der Waals surface area contributed by atoms with Crippen LogP contribution in [0, 0.1) is 10.1 Å². The van der Waals surface area contributed by atoms with Crippen molar-refractivity contribution in [3.05, 3.63) is 93.8 Å². The van der Waals surface area contributed by atoms with Gasteiger partial charge in [0.2, 0.25) is 0 Å². The summed E-state index contributed by atoms with van der Waals surface area (Å²) < 4.78 is 1.58. The molecule has 0 aliphatic carbocycles. The molecule has 26 heavy (non-hydrogen) atoms. The van der Waals surface area contributed by atoms with Crippen LogP contribution in [-0.2, 0) is 6.54 Å². The number of rotatable bonds is 6. The number of aromatic nitrogens is 2. The lowest BCUT2D eigenvalue weighted by atomic mass is 10.2. The van der Waals surface area contributed by atoms with Gasteiger partial charge in [0.15, 0.2) is 5.69 Å². The number of hydrogen-bond donors (Lipinski definition) is 1. The minimum Gasteiger partial charge on any atom is -0.268 e. The van der Waals surface area contributed by atoms with Gasteiger partial charge in [-0.15, -0.1) is 0 Å². The van der Waals surface area contributed by atoms with Crippen molar-refractivity contribution in [2.24, 2.45) is 5.10 Å². The van der Waals surface area contributed by atoms with E-state index in [0.29, 0.717) is 6.54 Å². The number of hydrogen-bond acceptors (Lipinski definition) is 5. The van der Waals surface area contributed by atoms with E-state index in [2.05, 4.69) is 15.6 Å². The van der Waals surface area contributed by atoms with Crippen LogP contribution in [0.25, 0.3) is 0 Å². The smallest absolute Gasteiger partial charge is 0.268 e. The average molecular weight is 349 g/mol. The number of nitro benzene ring substituents is 1. The molecule has 3 aromatic rings. The molecule has 0 bridgehead atoms. The summed E-state index contributed by atoms with van der Waals surface area (Å²) in [4.78, 5) is 22.3. The molecule has 3 rings (SSSR count). The summed E-state index contributed by atoms with van der Waals surface area (Å²) in [5, 5.41) is 18.7. The van der Waals surface area contributed by atoms with Crippen molar-refractivity contribution in [3.8, 4) is 0 Å². The van der Waals surface area contributed by atoms with Gasteiger partial charge in [-0.1, -0.05) is 42.5 Å².